The number of benzene rings is 2. The van der Waals surface area contributed by atoms with Crippen molar-refractivity contribution < 1.29 is 18.7 Å². The van der Waals surface area contributed by atoms with Crippen molar-refractivity contribution in [2.45, 2.75) is 6.54 Å². The summed E-state index contributed by atoms with van der Waals surface area (Å²) in [5, 5.41) is 0. The van der Waals surface area contributed by atoms with Gasteiger partial charge >= 0.3 is 6.09 Å². The lowest BCUT2D eigenvalue weighted by Gasteiger charge is -2.25. The molecule has 1 saturated heterocycles. The average molecular weight is 385 g/mol. The molecule has 2 aromatic rings. The number of hydrogen-bond acceptors (Lipinski definition) is 4. The summed E-state index contributed by atoms with van der Waals surface area (Å²) in [6, 6.07) is 13.2. The Hall–Kier alpha value is -2.93. The highest BCUT2D eigenvalue weighted by Gasteiger charge is 2.25. The van der Waals surface area contributed by atoms with Crippen LogP contribution in [0.25, 0.3) is 0 Å². The van der Waals surface area contributed by atoms with E-state index >= 15 is 0 Å². The van der Waals surface area contributed by atoms with E-state index in [-0.39, 0.29) is 11.7 Å². The third kappa shape index (κ3) is 4.86. The standard InChI is InChI=1S/C21H24FN3O3/c1-23(2)9-10-24(15-16-5-3-7-18(22)13-16)20(26)17-6-4-8-19(14-17)25-11-12-28-21(25)27/h3-8,13-14H,9-12,15H2,1-2H3. The van der Waals surface area contributed by atoms with Crippen molar-refractivity contribution >= 4 is 17.7 Å². The first-order chi connectivity index (χ1) is 13.4. The molecular formula is C21H24FN3O3. The lowest BCUT2D eigenvalue weighted by Crippen LogP contribution is -2.36. The molecule has 1 aliphatic rings. The zero-order valence-electron chi connectivity index (χ0n) is 16.1. The van der Waals surface area contributed by atoms with Gasteiger partial charge in [-0.3, -0.25) is 9.69 Å². The Balaban J connectivity index is 1.82. The van der Waals surface area contributed by atoms with Crippen molar-refractivity contribution in [3.63, 3.8) is 0 Å². The number of rotatable bonds is 7. The van der Waals surface area contributed by atoms with E-state index in [1.54, 1.807) is 41.3 Å². The minimum absolute atomic E-state index is 0.166. The molecule has 2 amide bonds. The fourth-order valence-electron chi connectivity index (χ4n) is 3.05. The van der Waals surface area contributed by atoms with Crippen molar-refractivity contribution in [2.24, 2.45) is 0 Å². The highest BCUT2D eigenvalue weighted by Crippen LogP contribution is 2.21. The quantitative estimate of drug-likeness (QED) is 0.735. The first-order valence-corrected chi connectivity index (χ1v) is 9.17. The van der Waals surface area contributed by atoms with Crippen LogP contribution in [0.1, 0.15) is 15.9 Å². The monoisotopic (exact) mass is 385 g/mol. The molecule has 28 heavy (non-hydrogen) atoms. The molecule has 0 N–H and O–H groups in total. The predicted molar refractivity (Wildman–Crippen MR) is 105 cm³/mol. The van der Waals surface area contributed by atoms with E-state index in [0.717, 1.165) is 5.56 Å². The van der Waals surface area contributed by atoms with Crippen molar-refractivity contribution in [1.82, 2.24) is 9.80 Å². The van der Waals surface area contributed by atoms with Gasteiger partial charge in [-0.15, -0.1) is 0 Å². The second kappa shape index (κ2) is 8.84. The number of amides is 2. The van der Waals surface area contributed by atoms with Gasteiger partial charge in [0.05, 0.1) is 6.54 Å². The van der Waals surface area contributed by atoms with Gasteiger partial charge < -0.3 is 14.5 Å². The van der Waals surface area contributed by atoms with E-state index in [9.17, 15) is 14.0 Å². The van der Waals surface area contributed by atoms with E-state index < -0.39 is 6.09 Å². The Morgan fingerprint density at radius 2 is 1.93 bits per heavy atom. The molecule has 0 bridgehead atoms. The van der Waals surface area contributed by atoms with Crippen LogP contribution in [0.3, 0.4) is 0 Å². The minimum atomic E-state index is -0.408. The SMILES string of the molecule is CN(C)CCN(Cc1cccc(F)c1)C(=O)c1cccc(N2CCOC2=O)c1. The highest BCUT2D eigenvalue weighted by atomic mass is 19.1. The van der Waals surface area contributed by atoms with Crippen LogP contribution in [0.4, 0.5) is 14.9 Å². The lowest BCUT2D eigenvalue weighted by atomic mass is 10.1. The van der Waals surface area contributed by atoms with E-state index in [2.05, 4.69) is 0 Å². The fourth-order valence-corrected chi connectivity index (χ4v) is 3.05. The van der Waals surface area contributed by atoms with Gasteiger partial charge in [-0.05, 0) is 50.0 Å². The second-order valence-electron chi connectivity index (χ2n) is 6.98. The second-order valence-corrected chi connectivity index (χ2v) is 6.98. The summed E-state index contributed by atoms with van der Waals surface area (Å²) >= 11 is 0. The number of halogens is 1. The maximum Gasteiger partial charge on any atom is 0.414 e. The van der Waals surface area contributed by atoms with Crippen LogP contribution in [-0.4, -0.2) is 62.1 Å². The third-order valence-electron chi connectivity index (χ3n) is 4.53. The van der Waals surface area contributed by atoms with E-state index in [1.165, 1.54) is 17.0 Å². The van der Waals surface area contributed by atoms with Crippen molar-refractivity contribution in [3.05, 3.63) is 65.5 Å². The Kier molecular flexibility index (Phi) is 6.26. The summed E-state index contributed by atoms with van der Waals surface area (Å²) in [4.78, 5) is 30.2. The number of likely N-dealkylation sites (N-methyl/N-ethyl adjacent to an activating group) is 1. The highest BCUT2D eigenvalue weighted by molar-refractivity contribution is 5.97. The summed E-state index contributed by atoms with van der Waals surface area (Å²) in [5.74, 6) is -0.493. The average Bonchev–Trinajstić information content (AvgIpc) is 3.10. The van der Waals surface area contributed by atoms with E-state index in [4.69, 9.17) is 4.74 Å². The smallest absolute Gasteiger partial charge is 0.414 e. The van der Waals surface area contributed by atoms with Crippen LogP contribution >= 0.6 is 0 Å². The molecule has 0 atom stereocenters. The Labute approximate surface area is 164 Å². The molecule has 3 rings (SSSR count). The molecule has 2 aromatic carbocycles. The van der Waals surface area contributed by atoms with Crippen LogP contribution in [0.2, 0.25) is 0 Å². The largest absolute Gasteiger partial charge is 0.447 e. The first kappa shape index (κ1) is 19.8. The summed E-state index contributed by atoms with van der Waals surface area (Å²) in [7, 11) is 3.87. The van der Waals surface area contributed by atoms with Gasteiger partial charge in [0.25, 0.3) is 5.91 Å². The van der Waals surface area contributed by atoms with E-state index in [0.29, 0.717) is 44.0 Å². The molecule has 1 aliphatic heterocycles. The van der Waals surface area contributed by atoms with Gasteiger partial charge in [-0.25, -0.2) is 9.18 Å². The zero-order chi connectivity index (χ0) is 20.1. The summed E-state index contributed by atoms with van der Waals surface area (Å²) in [6.07, 6.45) is -0.408. The number of hydrogen-bond donors (Lipinski definition) is 0. The van der Waals surface area contributed by atoms with Crippen LogP contribution in [-0.2, 0) is 11.3 Å². The van der Waals surface area contributed by atoms with Crippen LogP contribution in [0.5, 0.6) is 0 Å². The molecule has 0 spiro atoms. The predicted octanol–water partition coefficient (Wildman–Crippen LogP) is 2.99. The third-order valence-corrected chi connectivity index (χ3v) is 4.53. The number of cyclic esters (lactones) is 1. The van der Waals surface area contributed by atoms with Gasteiger partial charge in [-0.1, -0.05) is 18.2 Å². The van der Waals surface area contributed by atoms with Gasteiger partial charge in [0, 0.05) is 30.9 Å². The van der Waals surface area contributed by atoms with Crippen molar-refractivity contribution in [1.29, 1.82) is 0 Å². The Morgan fingerprint density at radius 1 is 1.14 bits per heavy atom. The molecule has 0 radical (unpaired) electrons. The Bertz CT molecular complexity index is 856. The number of carbonyl (C=O) groups excluding carboxylic acids is 2. The van der Waals surface area contributed by atoms with Gasteiger partial charge in [0.1, 0.15) is 12.4 Å². The van der Waals surface area contributed by atoms with Crippen molar-refractivity contribution in [3.8, 4) is 0 Å². The molecule has 0 unspecified atom stereocenters. The summed E-state index contributed by atoms with van der Waals surface area (Å²) in [6.45, 7) is 2.29. The topological polar surface area (TPSA) is 53.1 Å². The molecule has 0 aromatic heterocycles. The van der Waals surface area contributed by atoms with Crippen molar-refractivity contribution in [2.75, 3.05) is 45.2 Å². The lowest BCUT2D eigenvalue weighted by molar-refractivity contribution is 0.0731. The van der Waals surface area contributed by atoms with Gasteiger partial charge in [0.2, 0.25) is 0 Å². The molecule has 6 nitrogen and oxygen atoms in total. The molecule has 1 fully saturated rings. The number of anilines is 1. The first-order valence-electron chi connectivity index (χ1n) is 9.17. The number of carbonyl (C=O) groups is 2. The molecule has 1 heterocycles. The molecule has 0 aliphatic carbocycles. The van der Waals surface area contributed by atoms with Crippen LogP contribution < -0.4 is 4.90 Å². The summed E-state index contributed by atoms with van der Waals surface area (Å²) in [5.41, 5.74) is 1.84. The fraction of sp³-hybridized carbons (Fsp3) is 0.333. The maximum atomic E-state index is 13.6. The van der Waals surface area contributed by atoms with E-state index in [1.807, 2.05) is 19.0 Å². The number of ether oxygens (including phenoxy) is 1. The maximum absolute atomic E-state index is 13.6. The molecule has 7 heteroatoms. The van der Waals surface area contributed by atoms with Gasteiger partial charge in [0.15, 0.2) is 0 Å². The number of nitrogens with zero attached hydrogens (tertiary/aromatic N) is 3. The Morgan fingerprint density at radius 3 is 2.61 bits per heavy atom. The van der Waals surface area contributed by atoms with Crippen LogP contribution in [0.15, 0.2) is 48.5 Å². The molecule has 0 saturated carbocycles. The zero-order valence-corrected chi connectivity index (χ0v) is 16.1. The minimum Gasteiger partial charge on any atom is -0.447 e. The van der Waals surface area contributed by atoms with Gasteiger partial charge in [-0.2, -0.15) is 0 Å². The summed E-state index contributed by atoms with van der Waals surface area (Å²) < 4.78 is 18.5. The van der Waals surface area contributed by atoms with Crippen LogP contribution in [0, 0.1) is 5.82 Å². The molecular weight excluding hydrogens is 361 g/mol. The molecule has 148 valence electrons. The normalized spacial score (nSPS) is 13.7.